The lowest BCUT2D eigenvalue weighted by molar-refractivity contribution is 0.986. The van der Waals surface area contributed by atoms with Crippen molar-refractivity contribution in [2.24, 2.45) is 0 Å². The summed E-state index contributed by atoms with van der Waals surface area (Å²) in [5.41, 5.74) is 16.2. The lowest BCUT2D eigenvalue weighted by Gasteiger charge is -2.28. The Kier molecular flexibility index (Phi) is 8.41. The summed E-state index contributed by atoms with van der Waals surface area (Å²) in [6.07, 6.45) is 10.0. The summed E-state index contributed by atoms with van der Waals surface area (Å²) in [6.45, 7) is 0. The molecule has 0 bridgehead atoms. The molecule has 0 amide bonds. The standard InChI is InChI=1S/C59H42N2/c1-2-20-47(21-3-1)61-57-28-13-12-27-54(57)56-39-55(51-24-9-7-18-46(51)38-59(56)61)44-19-14-22-49(36-44)60(58-37-45-17-6-8-23-50(45)52-25-10-11-26-53(52)58)48-33-31-41(32-34-48)43-30-29-40-15-4-5-16-42(40)35-43/h1-3,5-14,16-38H,4,15,39H2. The first-order valence-corrected chi connectivity index (χ1v) is 21.4. The van der Waals surface area contributed by atoms with Gasteiger partial charge in [0.15, 0.2) is 0 Å². The van der Waals surface area contributed by atoms with Crippen molar-refractivity contribution in [2.75, 3.05) is 4.90 Å². The SMILES string of the molecule is C1=Cc2cc(-c3ccc(N(c4cccc(C5=c6ccccc6=Cc6c(c7ccccc7n6-c6ccccc6)C5)c4)c4cc5ccccc5c5ccccc45)cc3)ccc2CC1. The van der Waals surface area contributed by atoms with E-state index in [9.17, 15) is 0 Å². The van der Waals surface area contributed by atoms with E-state index in [1.165, 1.54) is 93.2 Å². The Hall–Kier alpha value is -7.68. The minimum Gasteiger partial charge on any atom is -0.310 e. The van der Waals surface area contributed by atoms with Crippen LogP contribution in [0.1, 0.15) is 34.4 Å². The van der Waals surface area contributed by atoms with Crippen molar-refractivity contribution in [3.05, 3.63) is 245 Å². The van der Waals surface area contributed by atoms with E-state index < -0.39 is 0 Å². The van der Waals surface area contributed by atoms with Gasteiger partial charge in [0.2, 0.25) is 0 Å². The first-order chi connectivity index (χ1) is 30.2. The second-order valence-electron chi connectivity index (χ2n) is 16.4. The van der Waals surface area contributed by atoms with Crippen LogP contribution in [-0.2, 0) is 12.8 Å². The van der Waals surface area contributed by atoms with Crippen LogP contribution in [0.25, 0.3) is 67.0 Å². The maximum Gasteiger partial charge on any atom is 0.0546 e. The molecule has 0 spiro atoms. The molecule has 10 aromatic rings. The van der Waals surface area contributed by atoms with Gasteiger partial charge in [0, 0.05) is 34.3 Å². The first-order valence-electron chi connectivity index (χ1n) is 21.4. The van der Waals surface area contributed by atoms with Crippen LogP contribution in [0.3, 0.4) is 0 Å². The minimum atomic E-state index is 0.802. The van der Waals surface area contributed by atoms with E-state index in [0.29, 0.717) is 0 Å². The second-order valence-corrected chi connectivity index (χ2v) is 16.4. The van der Waals surface area contributed by atoms with E-state index in [4.69, 9.17) is 0 Å². The van der Waals surface area contributed by atoms with Crippen molar-refractivity contribution < 1.29 is 0 Å². The van der Waals surface area contributed by atoms with Gasteiger partial charge >= 0.3 is 0 Å². The fraction of sp³-hybridized carbons (Fsp3) is 0.0508. The summed E-state index contributed by atoms with van der Waals surface area (Å²) in [5.74, 6) is 0. The monoisotopic (exact) mass is 778 g/mol. The Morgan fingerprint density at radius 3 is 2.11 bits per heavy atom. The van der Waals surface area contributed by atoms with E-state index in [2.05, 4.69) is 228 Å². The summed E-state index contributed by atoms with van der Waals surface area (Å²) in [4.78, 5) is 2.47. The van der Waals surface area contributed by atoms with E-state index in [-0.39, 0.29) is 0 Å². The topological polar surface area (TPSA) is 8.17 Å². The molecule has 288 valence electrons. The number of aryl methyl sites for hydroxylation is 1. The molecule has 9 aromatic carbocycles. The number of benzene rings is 9. The number of rotatable bonds is 6. The quantitative estimate of drug-likeness (QED) is 0.153. The summed E-state index contributed by atoms with van der Waals surface area (Å²) in [5, 5.41) is 8.75. The highest BCUT2D eigenvalue weighted by Gasteiger charge is 2.23. The third kappa shape index (κ3) is 6.02. The first kappa shape index (κ1) is 35.3. The summed E-state index contributed by atoms with van der Waals surface area (Å²) >= 11 is 0. The molecule has 0 aliphatic heterocycles. The van der Waals surface area contributed by atoms with Crippen molar-refractivity contribution in [3.8, 4) is 16.8 Å². The average molecular weight is 779 g/mol. The molecule has 2 heteroatoms. The van der Waals surface area contributed by atoms with Crippen LogP contribution < -0.4 is 15.3 Å². The number of aromatic nitrogens is 1. The number of nitrogens with zero attached hydrogens (tertiary/aromatic N) is 2. The zero-order chi connectivity index (χ0) is 40.3. The molecule has 61 heavy (non-hydrogen) atoms. The number of anilines is 3. The van der Waals surface area contributed by atoms with Crippen LogP contribution >= 0.6 is 0 Å². The van der Waals surface area contributed by atoms with Crippen LogP contribution in [0.5, 0.6) is 0 Å². The predicted octanol–water partition coefficient (Wildman–Crippen LogP) is 13.6. The molecule has 0 saturated heterocycles. The minimum absolute atomic E-state index is 0.802. The van der Waals surface area contributed by atoms with Gasteiger partial charge in [-0.05, 0) is 139 Å². The molecular weight excluding hydrogens is 737 g/mol. The Balaban J connectivity index is 1.05. The van der Waals surface area contributed by atoms with E-state index in [1.54, 1.807) is 0 Å². The smallest absolute Gasteiger partial charge is 0.0546 e. The van der Waals surface area contributed by atoms with Crippen molar-refractivity contribution >= 4 is 67.2 Å². The highest BCUT2D eigenvalue weighted by molar-refractivity contribution is 6.14. The predicted molar refractivity (Wildman–Crippen MR) is 258 cm³/mol. The van der Waals surface area contributed by atoms with Gasteiger partial charge in [-0.2, -0.15) is 0 Å². The zero-order valence-corrected chi connectivity index (χ0v) is 33.8. The van der Waals surface area contributed by atoms with Crippen LogP contribution in [0, 0.1) is 0 Å². The molecular formula is C59H42N2. The Morgan fingerprint density at radius 2 is 1.23 bits per heavy atom. The number of allylic oxidation sites excluding steroid dienone is 1. The number of fused-ring (bicyclic) bond motifs is 8. The molecule has 0 fully saturated rings. The van der Waals surface area contributed by atoms with Crippen molar-refractivity contribution in [2.45, 2.75) is 19.3 Å². The molecule has 1 aromatic heterocycles. The van der Waals surface area contributed by atoms with Crippen molar-refractivity contribution in [1.82, 2.24) is 4.57 Å². The molecule has 1 heterocycles. The molecule has 12 rings (SSSR count). The van der Waals surface area contributed by atoms with Gasteiger partial charge in [0.05, 0.1) is 16.9 Å². The Morgan fingerprint density at radius 1 is 0.492 bits per heavy atom. The Bertz CT molecular complexity index is 3500. The largest absolute Gasteiger partial charge is 0.310 e. The molecule has 2 aliphatic rings. The third-order valence-electron chi connectivity index (χ3n) is 12.9. The van der Waals surface area contributed by atoms with Crippen LogP contribution in [0.15, 0.2) is 206 Å². The summed E-state index contributed by atoms with van der Waals surface area (Å²) in [7, 11) is 0. The molecule has 0 saturated carbocycles. The lowest BCUT2D eigenvalue weighted by atomic mass is 9.93. The molecule has 2 aliphatic carbocycles. The molecule has 2 nitrogen and oxygen atoms in total. The number of para-hydroxylation sites is 2. The number of hydrogen-bond donors (Lipinski definition) is 0. The molecule has 0 atom stereocenters. The Labute approximate surface area is 355 Å². The van der Waals surface area contributed by atoms with Gasteiger partial charge in [-0.3, -0.25) is 0 Å². The van der Waals surface area contributed by atoms with E-state index in [1.807, 2.05) is 0 Å². The fourth-order valence-electron chi connectivity index (χ4n) is 9.98. The maximum atomic E-state index is 2.47. The van der Waals surface area contributed by atoms with Gasteiger partial charge in [-0.15, -0.1) is 0 Å². The normalized spacial score (nSPS) is 13.1. The van der Waals surface area contributed by atoms with Crippen LogP contribution in [0.2, 0.25) is 0 Å². The fourth-order valence-corrected chi connectivity index (χ4v) is 9.98. The lowest BCUT2D eigenvalue weighted by Crippen LogP contribution is -2.26. The molecule has 0 radical (unpaired) electrons. The second kappa shape index (κ2) is 14.5. The summed E-state index contributed by atoms with van der Waals surface area (Å²) < 4.78 is 2.44. The van der Waals surface area contributed by atoms with Crippen LogP contribution in [0.4, 0.5) is 17.1 Å². The van der Waals surface area contributed by atoms with Gasteiger partial charge in [0.25, 0.3) is 0 Å². The van der Waals surface area contributed by atoms with E-state index >= 15 is 0 Å². The highest BCUT2D eigenvalue weighted by atomic mass is 15.1. The summed E-state index contributed by atoms with van der Waals surface area (Å²) in [6, 6.07) is 74.0. The molecule has 0 unspecified atom stereocenters. The van der Waals surface area contributed by atoms with E-state index in [0.717, 1.165) is 36.3 Å². The van der Waals surface area contributed by atoms with Gasteiger partial charge in [0.1, 0.15) is 0 Å². The van der Waals surface area contributed by atoms with Gasteiger partial charge in [-0.25, -0.2) is 0 Å². The maximum absolute atomic E-state index is 2.47. The average Bonchev–Trinajstić information content (AvgIpc) is 3.52. The van der Waals surface area contributed by atoms with Crippen LogP contribution in [-0.4, -0.2) is 4.57 Å². The molecule has 0 N–H and O–H groups in total. The number of hydrogen-bond acceptors (Lipinski definition) is 1. The van der Waals surface area contributed by atoms with Gasteiger partial charge < -0.3 is 9.47 Å². The third-order valence-corrected chi connectivity index (χ3v) is 12.9. The highest BCUT2D eigenvalue weighted by Crippen LogP contribution is 2.43. The van der Waals surface area contributed by atoms with Crippen molar-refractivity contribution in [3.63, 3.8) is 0 Å². The van der Waals surface area contributed by atoms with Crippen molar-refractivity contribution in [1.29, 1.82) is 0 Å². The zero-order valence-electron chi connectivity index (χ0n) is 33.8. The van der Waals surface area contributed by atoms with Gasteiger partial charge in [-0.1, -0.05) is 158 Å².